The van der Waals surface area contributed by atoms with Gasteiger partial charge in [0.1, 0.15) is 0 Å². The summed E-state index contributed by atoms with van der Waals surface area (Å²) in [5.74, 6) is 0.860. The fourth-order valence-electron chi connectivity index (χ4n) is 2.96. The molecule has 4 heteroatoms. The van der Waals surface area contributed by atoms with Crippen molar-refractivity contribution in [2.75, 3.05) is 0 Å². The number of hydrogen-bond acceptors (Lipinski definition) is 2. The number of hydrogen-bond donors (Lipinski definition) is 0. The molecule has 0 spiro atoms. The minimum Gasteiger partial charge on any atom is -0.353 e. The molecule has 0 bridgehead atoms. The van der Waals surface area contributed by atoms with E-state index in [1.165, 1.54) is 22.2 Å². The third-order valence-electron chi connectivity index (χ3n) is 4.42. The van der Waals surface area contributed by atoms with E-state index < -0.39 is 0 Å². The van der Waals surface area contributed by atoms with Gasteiger partial charge in [-0.1, -0.05) is 34.8 Å². The van der Waals surface area contributed by atoms with Crippen LogP contribution in [0, 0.1) is 0 Å². The minimum absolute atomic E-state index is 0.0175. The van der Waals surface area contributed by atoms with Gasteiger partial charge >= 0.3 is 6.92 Å². The summed E-state index contributed by atoms with van der Waals surface area (Å²) < 4.78 is 0. The van der Waals surface area contributed by atoms with Gasteiger partial charge in [0.15, 0.2) is 5.75 Å². The van der Waals surface area contributed by atoms with E-state index >= 15 is 0 Å². The van der Waals surface area contributed by atoms with Crippen molar-refractivity contribution < 1.29 is 9.69 Å². The molecule has 1 atom stereocenters. The van der Waals surface area contributed by atoms with Gasteiger partial charge in [0.05, 0.1) is 0 Å². The maximum absolute atomic E-state index is 5.58. The summed E-state index contributed by atoms with van der Waals surface area (Å²) in [6, 6.07) is 8.09. The Morgan fingerprint density at radius 1 is 1.11 bits per heavy atom. The Balaban J connectivity index is 2.05. The molecule has 1 heterocycles. The monoisotopic (exact) mass is 256 g/mol. The van der Waals surface area contributed by atoms with Gasteiger partial charge in [-0.3, -0.25) is 0 Å². The van der Waals surface area contributed by atoms with Crippen molar-refractivity contribution in [1.29, 1.82) is 0 Å². The number of rotatable bonds is 1. The minimum atomic E-state index is -0.0175. The SMILES string of the molecule is CC1=C(C)C([SiH3])C(B2OOc3ccccc32)=C1C. The smallest absolute Gasteiger partial charge is 0.353 e. The second-order valence-corrected chi connectivity index (χ2v) is 6.36. The molecule has 0 amide bonds. The summed E-state index contributed by atoms with van der Waals surface area (Å²) in [4.78, 5) is 10.9. The highest BCUT2D eigenvalue weighted by Gasteiger charge is 2.41. The quantitative estimate of drug-likeness (QED) is 0.561. The van der Waals surface area contributed by atoms with Crippen LogP contribution in [0.1, 0.15) is 20.8 Å². The summed E-state index contributed by atoms with van der Waals surface area (Å²) in [5, 5.41) is 0. The molecule has 3 rings (SSSR count). The van der Waals surface area contributed by atoms with E-state index in [0.29, 0.717) is 5.54 Å². The van der Waals surface area contributed by atoms with E-state index in [9.17, 15) is 0 Å². The maximum Gasteiger partial charge on any atom is 0.422 e. The van der Waals surface area contributed by atoms with Crippen LogP contribution in [0.5, 0.6) is 5.75 Å². The van der Waals surface area contributed by atoms with E-state index in [1.54, 1.807) is 0 Å². The molecule has 0 saturated carbocycles. The first kappa shape index (κ1) is 11.8. The first-order valence-electron chi connectivity index (χ1n) is 6.42. The lowest BCUT2D eigenvalue weighted by atomic mass is 9.53. The third kappa shape index (κ3) is 1.52. The highest BCUT2D eigenvalue weighted by atomic mass is 28.1. The van der Waals surface area contributed by atoms with Crippen molar-refractivity contribution in [2.45, 2.75) is 26.3 Å². The van der Waals surface area contributed by atoms with Crippen molar-refractivity contribution in [3.8, 4) is 5.75 Å². The largest absolute Gasteiger partial charge is 0.422 e. The summed E-state index contributed by atoms with van der Waals surface area (Å²) >= 11 is 0. The van der Waals surface area contributed by atoms with Crippen molar-refractivity contribution in [1.82, 2.24) is 0 Å². The normalized spacial score (nSPS) is 22.8. The predicted molar refractivity (Wildman–Crippen MR) is 78.3 cm³/mol. The average molecular weight is 256 g/mol. The van der Waals surface area contributed by atoms with Gasteiger partial charge in [-0.25, -0.2) is 4.81 Å². The van der Waals surface area contributed by atoms with Crippen LogP contribution in [0.2, 0.25) is 5.54 Å². The lowest BCUT2D eigenvalue weighted by Crippen LogP contribution is -2.32. The molecular formula is C14H17BO2Si. The Morgan fingerprint density at radius 2 is 1.83 bits per heavy atom. The average Bonchev–Trinajstić information content (AvgIpc) is 2.87. The van der Waals surface area contributed by atoms with Crippen molar-refractivity contribution in [2.24, 2.45) is 0 Å². The van der Waals surface area contributed by atoms with Crippen LogP contribution in [0.4, 0.5) is 0 Å². The van der Waals surface area contributed by atoms with Gasteiger partial charge in [0.2, 0.25) is 0 Å². The molecule has 2 aliphatic rings. The number of benzene rings is 1. The summed E-state index contributed by atoms with van der Waals surface area (Å²) in [6.07, 6.45) is 0. The molecular weight excluding hydrogens is 239 g/mol. The van der Waals surface area contributed by atoms with Gasteiger partial charge < -0.3 is 4.89 Å². The second-order valence-electron chi connectivity index (χ2n) is 5.21. The van der Waals surface area contributed by atoms with Crippen LogP contribution < -0.4 is 10.4 Å². The Bertz CT molecular complexity index is 577. The standard InChI is InChI=1S/C14H17BO2Si/c1-8-9(2)13(14(18)10(8)3)15-11-6-4-5-7-12(11)16-17-15/h4-7,14H,1-3,18H3. The lowest BCUT2D eigenvalue weighted by molar-refractivity contribution is -0.0908. The van der Waals surface area contributed by atoms with Crippen molar-refractivity contribution in [3.05, 3.63) is 46.5 Å². The van der Waals surface area contributed by atoms with E-state index in [-0.39, 0.29) is 6.92 Å². The maximum atomic E-state index is 5.58. The van der Waals surface area contributed by atoms with Crippen molar-refractivity contribution >= 4 is 22.6 Å². The fourth-order valence-corrected chi connectivity index (χ4v) is 4.13. The molecule has 1 aromatic carbocycles. The Morgan fingerprint density at radius 3 is 2.50 bits per heavy atom. The number of allylic oxidation sites excluding steroid dienone is 4. The van der Waals surface area contributed by atoms with Gasteiger partial charge in [0, 0.05) is 15.7 Å². The van der Waals surface area contributed by atoms with E-state index in [4.69, 9.17) is 9.69 Å². The number of para-hydroxylation sites is 1. The van der Waals surface area contributed by atoms with Crippen LogP contribution in [-0.2, 0) is 4.81 Å². The zero-order chi connectivity index (χ0) is 12.9. The van der Waals surface area contributed by atoms with Crippen LogP contribution in [-0.4, -0.2) is 17.2 Å². The molecule has 1 aromatic rings. The summed E-state index contributed by atoms with van der Waals surface area (Å²) in [6.45, 7) is 6.64. The van der Waals surface area contributed by atoms with Crippen LogP contribution in [0.25, 0.3) is 0 Å². The Labute approximate surface area is 111 Å². The first-order valence-corrected chi connectivity index (χ1v) is 7.57. The number of fused-ring (bicyclic) bond motifs is 1. The summed E-state index contributed by atoms with van der Waals surface area (Å²) in [7, 11) is 1.12. The van der Waals surface area contributed by atoms with Gasteiger partial charge in [-0.15, -0.1) is 0 Å². The fraction of sp³-hybridized carbons (Fsp3) is 0.286. The molecule has 18 heavy (non-hydrogen) atoms. The molecule has 1 unspecified atom stereocenters. The topological polar surface area (TPSA) is 18.5 Å². The van der Waals surface area contributed by atoms with Gasteiger partial charge in [-0.05, 0) is 38.0 Å². The molecule has 0 N–H and O–H groups in total. The third-order valence-corrected chi connectivity index (χ3v) is 5.91. The first-order chi connectivity index (χ1) is 8.61. The van der Waals surface area contributed by atoms with Crippen molar-refractivity contribution in [3.63, 3.8) is 0 Å². The van der Waals surface area contributed by atoms with Crippen LogP contribution >= 0.6 is 0 Å². The van der Waals surface area contributed by atoms with E-state index in [1.807, 2.05) is 18.2 Å². The highest BCUT2D eigenvalue weighted by Crippen LogP contribution is 2.41. The van der Waals surface area contributed by atoms with Crippen LogP contribution in [0.3, 0.4) is 0 Å². The van der Waals surface area contributed by atoms with E-state index in [2.05, 4.69) is 26.8 Å². The zero-order valence-electron chi connectivity index (χ0n) is 11.3. The molecule has 92 valence electrons. The second kappa shape index (κ2) is 4.14. The molecule has 0 fully saturated rings. The van der Waals surface area contributed by atoms with Gasteiger partial charge in [-0.2, -0.15) is 0 Å². The highest BCUT2D eigenvalue weighted by molar-refractivity contribution is 6.77. The Hall–Kier alpha value is -1.26. The molecule has 0 saturated heterocycles. The predicted octanol–water partition coefficient (Wildman–Crippen LogP) is 1.57. The van der Waals surface area contributed by atoms with Crippen LogP contribution in [0.15, 0.2) is 46.5 Å². The molecule has 0 radical (unpaired) electrons. The Kier molecular flexibility index (Phi) is 2.72. The van der Waals surface area contributed by atoms with Gasteiger partial charge in [0.25, 0.3) is 0 Å². The molecule has 0 aromatic heterocycles. The lowest BCUT2D eigenvalue weighted by Gasteiger charge is -2.14. The summed E-state index contributed by atoms with van der Waals surface area (Å²) in [5.41, 5.74) is 7.46. The van der Waals surface area contributed by atoms with E-state index in [0.717, 1.165) is 21.5 Å². The zero-order valence-corrected chi connectivity index (χ0v) is 13.3. The molecule has 1 aliphatic heterocycles. The molecule has 2 nitrogen and oxygen atoms in total. The molecule has 1 aliphatic carbocycles.